The first kappa shape index (κ1) is 11.2. The van der Waals surface area contributed by atoms with Gasteiger partial charge in [0.15, 0.2) is 9.88 Å². The van der Waals surface area contributed by atoms with Gasteiger partial charge in [-0.25, -0.2) is 0 Å². The summed E-state index contributed by atoms with van der Waals surface area (Å²) in [5, 5.41) is 0.924. The van der Waals surface area contributed by atoms with Crippen molar-refractivity contribution in [3.05, 3.63) is 11.8 Å². The zero-order valence-electron chi connectivity index (χ0n) is 8.22. The molecule has 0 fully saturated rings. The zero-order valence-corrected chi connectivity index (χ0v) is 10.6. The highest BCUT2D eigenvalue weighted by Gasteiger charge is 2.22. The van der Waals surface area contributed by atoms with E-state index in [-0.39, 0.29) is 4.83 Å². The average Bonchev–Trinajstić information content (AvgIpc) is 2.75. The lowest BCUT2D eigenvalue weighted by Gasteiger charge is -2.21. The Hall–Kier alpha value is -0.260. The molecule has 0 radical (unpaired) electrons. The molecule has 0 amide bonds. The molecule has 0 spiro atoms. The first-order valence-corrected chi connectivity index (χ1v) is 6.35. The molecule has 2 aliphatic heterocycles. The van der Waals surface area contributed by atoms with Crippen molar-refractivity contribution in [3.8, 4) is 0 Å². The lowest BCUT2D eigenvalue weighted by atomic mass is 10.3. The van der Waals surface area contributed by atoms with Crippen molar-refractivity contribution >= 4 is 46.8 Å². The molecule has 2 atom stereocenters. The van der Waals surface area contributed by atoms with Crippen LogP contribution in [0.5, 0.6) is 0 Å². The van der Waals surface area contributed by atoms with Gasteiger partial charge in [0.1, 0.15) is 6.61 Å². The fourth-order valence-electron chi connectivity index (χ4n) is 1.44. The number of likely N-dealkylation sites (N-methyl/N-ethyl adjacent to an activating group) is 1. The number of alkyl halides is 1. The first-order chi connectivity index (χ1) is 7.15. The molecule has 0 aliphatic carbocycles. The second-order valence-corrected chi connectivity index (χ2v) is 5.79. The van der Waals surface area contributed by atoms with E-state index in [1.165, 1.54) is 0 Å². The van der Waals surface area contributed by atoms with Gasteiger partial charge in [0.25, 0.3) is 0 Å². The molecule has 0 bridgehead atoms. The molecular weight excluding hydrogens is 252 g/mol. The molecule has 2 heterocycles. The molecule has 15 heavy (non-hydrogen) atoms. The third kappa shape index (κ3) is 2.86. The Balaban J connectivity index is 1.87. The SMILES string of the molecule is CN(CC1C=NC(Cl)S1)C1=CC(=S)OC1. The number of hydrogen-bond donors (Lipinski definition) is 0. The summed E-state index contributed by atoms with van der Waals surface area (Å²) < 4.78 is 5.20. The van der Waals surface area contributed by atoms with Crippen molar-refractivity contribution in [3.63, 3.8) is 0 Å². The molecule has 0 aromatic heterocycles. The Labute approximate surface area is 104 Å². The molecule has 82 valence electrons. The number of thiocarbonyl (C=S) groups is 1. The van der Waals surface area contributed by atoms with E-state index in [1.54, 1.807) is 11.8 Å². The maximum Gasteiger partial charge on any atom is 0.186 e. The van der Waals surface area contributed by atoms with Crippen LogP contribution in [0.3, 0.4) is 0 Å². The molecule has 2 unspecified atom stereocenters. The summed E-state index contributed by atoms with van der Waals surface area (Å²) in [6.45, 7) is 1.46. The molecule has 3 nitrogen and oxygen atoms in total. The van der Waals surface area contributed by atoms with Gasteiger partial charge in [-0.05, 0) is 12.2 Å². The third-order valence-corrected chi connectivity index (χ3v) is 3.87. The van der Waals surface area contributed by atoms with Crippen LogP contribution in [0.4, 0.5) is 0 Å². The number of hydrogen-bond acceptors (Lipinski definition) is 5. The number of aliphatic imine (C=N–C) groups is 1. The number of rotatable bonds is 3. The summed E-state index contributed by atoms with van der Waals surface area (Å²) in [4.78, 5) is 6.12. The standard InChI is InChI=1S/C9H11ClN2OS2/c1-12(6-2-8(14)13-5-6)4-7-3-11-9(10)15-7/h2-3,7,9H,4-5H2,1H3. The molecule has 2 rings (SSSR count). The minimum absolute atomic E-state index is 0.127. The Morgan fingerprint density at radius 3 is 3.13 bits per heavy atom. The van der Waals surface area contributed by atoms with Gasteiger partial charge in [-0.15, -0.1) is 11.8 Å². The summed E-state index contributed by atoms with van der Waals surface area (Å²) >= 11 is 12.5. The molecule has 0 aromatic rings. The van der Waals surface area contributed by atoms with E-state index < -0.39 is 0 Å². The van der Waals surface area contributed by atoms with Gasteiger partial charge in [0.05, 0.1) is 10.9 Å². The van der Waals surface area contributed by atoms with E-state index in [0.717, 1.165) is 12.2 Å². The van der Waals surface area contributed by atoms with Crippen molar-refractivity contribution in [1.82, 2.24) is 4.90 Å². The van der Waals surface area contributed by atoms with Crippen molar-refractivity contribution < 1.29 is 4.74 Å². The van der Waals surface area contributed by atoms with Crippen LogP contribution in [0, 0.1) is 0 Å². The van der Waals surface area contributed by atoms with E-state index in [4.69, 9.17) is 28.6 Å². The van der Waals surface area contributed by atoms with Crippen LogP contribution in [-0.2, 0) is 4.74 Å². The Kier molecular flexibility index (Phi) is 3.53. The second-order valence-electron chi connectivity index (χ2n) is 3.39. The zero-order chi connectivity index (χ0) is 10.8. The summed E-state index contributed by atoms with van der Waals surface area (Å²) in [7, 11) is 2.03. The van der Waals surface area contributed by atoms with Crippen molar-refractivity contribution in [2.24, 2.45) is 4.99 Å². The van der Waals surface area contributed by atoms with Gasteiger partial charge >= 0.3 is 0 Å². The topological polar surface area (TPSA) is 24.8 Å². The van der Waals surface area contributed by atoms with Crippen LogP contribution in [0.1, 0.15) is 0 Å². The second kappa shape index (κ2) is 4.72. The van der Waals surface area contributed by atoms with Gasteiger partial charge in [0.2, 0.25) is 0 Å². The molecule has 2 aliphatic rings. The van der Waals surface area contributed by atoms with Crippen LogP contribution >= 0.6 is 35.6 Å². The summed E-state index contributed by atoms with van der Waals surface area (Å²) in [6, 6.07) is 0. The van der Waals surface area contributed by atoms with Gasteiger partial charge in [-0.3, -0.25) is 4.99 Å². The quantitative estimate of drug-likeness (QED) is 0.440. The Morgan fingerprint density at radius 2 is 2.60 bits per heavy atom. The van der Waals surface area contributed by atoms with Crippen LogP contribution in [0.2, 0.25) is 0 Å². The van der Waals surface area contributed by atoms with Crippen molar-refractivity contribution in [2.75, 3.05) is 20.2 Å². The van der Waals surface area contributed by atoms with Crippen LogP contribution in [-0.4, -0.2) is 46.4 Å². The summed E-state index contributed by atoms with van der Waals surface area (Å²) in [6.07, 6.45) is 3.80. The Morgan fingerprint density at radius 1 is 1.80 bits per heavy atom. The van der Waals surface area contributed by atoms with Crippen molar-refractivity contribution in [1.29, 1.82) is 0 Å². The maximum atomic E-state index is 5.86. The van der Waals surface area contributed by atoms with Crippen molar-refractivity contribution in [2.45, 2.75) is 10.1 Å². The molecule has 0 saturated heterocycles. The maximum absolute atomic E-state index is 5.86. The van der Waals surface area contributed by atoms with E-state index >= 15 is 0 Å². The lowest BCUT2D eigenvalue weighted by Crippen LogP contribution is -2.27. The van der Waals surface area contributed by atoms with Gasteiger partial charge in [-0.1, -0.05) is 11.6 Å². The van der Waals surface area contributed by atoms with E-state index in [9.17, 15) is 0 Å². The minimum Gasteiger partial charge on any atom is -0.477 e. The predicted molar refractivity (Wildman–Crippen MR) is 68.8 cm³/mol. The Bertz CT molecular complexity index is 332. The van der Waals surface area contributed by atoms with Gasteiger partial charge in [-0.2, -0.15) is 0 Å². The fourth-order valence-corrected chi connectivity index (χ4v) is 2.98. The molecule has 6 heteroatoms. The molecular formula is C9H11ClN2OS2. The highest BCUT2D eigenvalue weighted by atomic mass is 35.5. The number of ether oxygens (including phenoxy) is 1. The molecule has 0 N–H and O–H groups in total. The fraction of sp³-hybridized carbons (Fsp3) is 0.556. The van der Waals surface area contributed by atoms with E-state index in [0.29, 0.717) is 16.9 Å². The minimum atomic E-state index is -0.127. The van der Waals surface area contributed by atoms with Gasteiger partial charge < -0.3 is 9.64 Å². The molecule has 0 aromatic carbocycles. The average molecular weight is 263 g/mol. The van der Waals surface area contributed by atoms with Crippen LogP contribution in [0.15, 0.2) is 16.8 Å². The highest BCUT2D eigenvalue weighted by molar-refractivity contribution is 8.02. The van der Waals surface area contributed by atoms with Gasteiger partial charge in [0, 0.05) is 25.9 Å². The lowest BCUT2D eigenvalue weighted by molar-refractivity contribution is 0.312. The largest absolute Gasteiger partial charge is 0.477 e. The number of halogens is 1. The predicted octanol–water partition coefficient (Wildman–Crippen LogP) is 1.87. The van der Waals surface area contributed by atoms with Crippen LogP contribution < -0.4 is 0 Å². The van der Waals surface area contributed by atoms with E-state index in [2.05, 4.69) is 9.89 Å². The summed E-state index contributed by atoms with van der Waals surface area (Å²) in [5.41, 5.74) is 1.12. The first-order valence-electron chi connectivity index (χ1n) is 4.56. The normalized spacial score (nSPS) is 29.2. The van der Waals surface area contributed by atoms with E-state index in [1.807, 2.05) is 19.3 Å². The smallest absolute Gasteiger partial charge is 0.186 e. The van der Waals surface area contributed by atoms with Crippen LogP contribution in [0.25, 0.3) is 0 Å². The third-order valence-electron chi connectivity index (χ3n) is 2.25. The number of thioether (sulfide) groups is 1. The highest BCUT2D eigenvalue weighted by Crippen LogP contribution is 2.28. The monoisotopic (exact) mass is 262 g/mol. The molecule has 0 saturated carbocycles. The summed E-state index contributed by atoms with van der Waals surface area (Å²) in [5.74, 6) is 0. The number of nitrogens with zero attached hydrogens (tertiary/aromatic N) is 2.